The number of methoxy groups -OCH3 is 1. The molecular formula is C12H17FN2O3. The quantitative estimate of drug-likeness (QED) is 0.694. The summed E-state index contributed by atoms with van der Waals surface area (Å²) in [5, 5.41) is 2.61. The van der Waals surface area contributed by atoms with Crippen LogP contribution in [0.2, 0.25) is 0 Å². The molecule has 0 atom stereocenters. The number of nitrogens with two attached hydrogens (primary N) is 1. The summed E-state index contributed by atoms with van der Waals surface area (Å²) in [5.41, 5.74) is 5.99. The first-order chi connectivity index (χ1) is 8.67. The molecule has 1 aromatic rings. The minimum Gasteiger partial charge on any atom is -0.483 e. The van der Waals surface area contributed by atoms with E-state index in [2.05, 4.69) is 5.32 Å². The van der Waals surface area contributed by atoms with Crippen LogP contribution in [-0.4, -0.2) is 32.8 Å². The molecule has 1 rings (SSSR count). The molecule has 0 aliphatic heterocycles. The smallest absolute Gasteiger partial charge is 0.258 e. The first-order valence-corrected chi connectivity index (χ1v) is 5.54. The topological polar surface area (TPSA) is 73.6 Å². The normalized spacial score (nSPS) is 10.2. The summed E-state index contributed by atoms with van der Waals surface area (Å²) in [6.45, 7) is 0.878. The van der Waals surface area contributed by atoms with Crippen LogP contribution in [0.5, 0.6) is 5.75 Å². The summed E-state index contributed by atoms with van der Waals surface area (Å²) in [5.74, 6) is -0.229. The molecule has 6 heteroatoms. The lowest BCUT2D eigenvalue weighted by atomic mass is 10.2. The van der Waals surface area contributed by atoms with Crippen LogP contribution in [0, 0.1) is 5.82 Å². The highest BCUT2D eigenvalue weighted by atomic mass is 19.1. The third kappa shape index (κ3) is 4.68. The van der Waals surface area contributed by atoms with Crippen molar-refractivity contribution in [3.63, 3.8) is 0 Å². The van der Waals surface area contributed by atoms with Crippen LogP contribution < -0.4 is 15.8 Å². The van der Waals surface area contributed by atoms with Crippen molar-refractivity contribution in [2.75, 3.05) is 26.9 Å². The summed E-state index contributed by atoms with van der Waals surface area (Å²) < 4.78 is 23.0. The molecule has 0 unspecified atom stereocenters. The van der Waals surface area contributed by atoms with Crippen LogP contribution in [0.15, 0.2) is 18.2 Å². The van der Waals surface area contributed by atoms with E-state index in [-0.39, 0.29) is 24.9 Å². The Balaban J connectivity index is 2.45. The van der Waals surface area contributed by atoms with E-state index in [9.17, 15) is 9.18 Å². The van der Waals surface area contributed by atoms with E-state index in [1.807, 2.05) is 0 Å². The molecule has 0 heterocycles. The summed E-state index contributed by atoms with van der Waals surface area (Å²) >= 11 is 0. The van der Waals surface area contributed by atoms with Crippen molar-refractivity contribution in [2.45, 2.75) is 6.54 Å². The predicted octanol–water partition coefficient (Wildman–Crippen LogP) is 0.426. The zero-order valence-electron chi connectivity index (χ0n) is 10.2. The highest BCUT2D eigenvalue weighted by Crippen LogP contribution is 2.18. The van der Waals surface area contributed by atoms with Crippen molar-refractivity contribution < 1.29 is 18.7 Å². The van der Waals surface area contributed by atoms with Crippen LogP contribution in [0.3, 0.4) is 0 Å². The number of ether oxygens (including phenoxy) is 2. The Morgan fingerprint density at radius 3 is 2.94 bits per heavy atom. The van der Waals surface area contributed by atoms with Gasteiger partial charge in [-0.1, -0.05) is 0 Å². The molecule has 0 bridgehead atoms. The number of hydrogen-bond acceptors (Lipinski definition) is 4. The second-order valence-electron chi connectivity index (χ2n) is 3.59. The first-order valence-electron chi connectivity index (χ1n) is 5.54. The van der Waals surface area contributed by atoms with Crippen LogP contribution in [0.4, 0.5) is 4.39 Å². The van der Waals surface area contributed by atoms with Gasteiger partial charge in [0.25, 0.3) is 5.91 Å². The van der Waals surface area contributed by atoms with Gasteiger partial charge in [-0.2, -0.15) is 0 Å². The van der Waals surface area contributed by atoms with Crippen molar-refractivity contribution in [3.8, 4) is 5.75 Å². The van der Waals surface area contributed by atoms with E-state index >= 15 is 0 Å². The maximum atomic E-state index is 12.9. The Kier molecular flexibility index (Phi) is 6.10. The summed E-state index contributed by atoms with van der Waals surface area (Å²) in [6, 6.07) is 4.01. The van der Waals surface area contributed by atoms with Gasteiger partial charge in [-0.15, -0.1) is 0 Å². The van der Waals surface area contributed by atoms with Gasteiger partial charge < -0.3 is 20.5 Å². The molecule has 0 radical (unpaired) electrons. The first kappa shape index (κ1) is 14.4. The number of amides is 1. The van der Waals surface area contributed by atoms with Crippen LogP contribution in [0.1, 0.15) is 5.56 Å². The Bertz CT molecular complexity index is 399. The summed E-state index contributed by atoms with van der Waals surface area (Å²) in [4.78, 5) is 11.4. The maximum Gasteiger partial charge on any atom is 0.258 e. The highest BCUT2D eigenvalue weighted by Gasteiger charge is 2.06. The van der Waals surface area contributed by atoms with E-state index in [0.717, 1.165) is 0 Å². The molecule has 3 N–H and O–H groups in total. The zero-order valence-corrected chi connectivity index (χ0v) is 10.2. The number of rotatable bonds is 7. The van der Waals surface area contributed by atoms with E-state index in [1.54, 1.807) is 7.11 Å². The van der Waals surface area contributed by atoms with Gasteiger partial charge in [-0.3, -0.25) is 4.79 Å². The molecular weight excluding hydrogens is 239 g/mol. The fraction of sp³-hybridized carbons (Fsp3) is 0.417. The van der Waals surface area contributed by atoms with E-state index in [4.69, 9.17) is 15.2 Å². The van der Waals surface area contributed by atoms with Gasteiger partial charge in [0.15, 0.2) is 6.61 Å². The maximum absolute atomic E-state index is 12.9. The summed E-state index contributed by atoms with van der Waals surface area (Å²) in [7, 11) is 1.55. The molecule has 0 saturated heterocycles. The van der Waals surface area contributed by atoms with Gasteiger partial charge in [0.1, 0.15) is 11.6 Å². The molecule has 0 saturated carbocycles. The van der Waals surface area contributed by atoms with Crippen molar-refractivity contribution in [1.82, 2.24) is 5.32 Å². The average molecular weight is 256 g/mol. The number of carbonyl (C=O) groups excluding carboxylic acids is 1. The average Bonchev–Trinajstić information content (AvgIpc) is 2.37. The number of hydrogen-bond donors (Lipinski definition) is 2. The van der Waals surface area contributed by atoms with Gasteiger partial charge >= 0.3 is 0 Å². The molecule has 100 valence electrons. The molecule has 1 aromatic carbocycles. The Morgan fingerprint density at radius 1 is 1.50 bits per heavy atom. The van der Waals surface area contributed by atoms with Gasteiger partial charge in [-0.25, -0.2) is 4.39 Å². The SMILES string of the molecule is COCCNC(=O)COc1ccc(F)cc1CN. The van der Waals surface area contributed by atoms with Gasteiger partial charge in [0, 0.05) is 25.8 Å². The van der Waals surface area contributed by atoms with Crippen molar-refractivity contribution in [3.05, 3.63) is 29.6 Å². The minimum absolute atomic E-state index is 0.137. The standard InChI is InChI=1S/C12H17FN2O3/c1-17-5-4-15-12(16)8-18-11-3-2-10(13)6-9(11)7-14/h2-3,6H,4-5,7-8,14H2,1H3,(H,15,16). The van der Waals surface area contributed by atoms with E-state index < -0.39 is 0 Å². The number of nitrogens with one attached hydrogen (secondary N) is 1. The summed E-state index contributed by atoms with van der Waals surface area (Å²) in [6.07, 6.45) is 0. The van der Waals surface area contributed by atoms with Crippen LogP contribution >= 0.6 is 0 Å². The third-order valence-corrected chi connectivity index (χ3v) is 2.23. The van der Waals surface area contributed by atoms with E-state index in [0.29, 0.717) is 24.5 Å². The third-order valence-electron chi connectivity index (χ3n) is 2.23. The second-order valence-corrected chi connectivity index (χ2v) is 3.59. The van der Waals surface area contributed by atoms with Crippen molar-refractivity contribution >= 4 is 5.91 Å². The second kappa shape index (κ2) is 7.62. The van der Waals surface area contributed by atoms with Crippen molar-refractivity contribution in [1.29, 1.82) is 0 Å². The number of halogens is 1. The van der Waals surface area contributed by atoms with Crippen molar-refractivity contribution in [2.24, 2.45) is 5.73 Å². The minimum atomic E-state index is -0.382. The Hall–Kier alpha value is -1.66. The monoisotopic (exact) mass is 256 g/mol. The number of carbonyl (C=O) groups is 1. The molecule has 0 aliphatic rings. The fourth-order valence-electron chi connectivity index (χ4n) is 1.34. The van der Waals surface area contributed by atoms with Crippen LogP contribution in [0.25, 0.3) is 0 Å². The van der Waals surface area contributed by atoms with Gasteiger partial charge in [-0.05, 0) is 18.2 Å². The van der Waals surface area contributed by atoms with Crippen LogP contribution in [-0.2, 0) is 16.1 Å². The fourth-order valence-corrected chi connectivity index (χ4v) is 1.34. The molecule has 0 aliphatic carbocycles. The molecule has 0 aromatic heterocycles. The highest BCUT2D eigenvalue weighted by molar-refractivity contribution is 5.77. The van der Waals surface area contributed by atoms with E-state index in [1.165, 1.54) is 18.2 Å². The molecule has 18 heavy (non-hydrogen) atoms. The van der Waals surface area contributed by atoms with Gasteiger partial charge in [0.2, 0.25) is 0 Å². The largest absolute Gasteiger partial charge is 0.483 e. The molecule has 1 amide bonds. The zero-order chi connectivity index (χ0) is 13.4. The lowest BCUT2D eigenvalue weighted by Crippen LogP contribution is -2.31. The Morgan fingerprint density at radius 2 is 2.28 bits per heavy atom. The van der Waals surface area contributed by atoms with Gasteiger partial charge in [0.05, 0.1) is 6.61 Å². The Labute approximate surface area is 105 Å². The lowest BCUT2D eigenvalue weighted by Gasteiger charge is -2.10. The molecule has 0 spiro atoms. The number of benzene rings is 1. The predicted molar refractivity (Wildman–Crippen MR) is 64.7 cm³/mol. The lowest BCUT2D eigenvalue weighted by molar-refractivity contribution is -0.123. The molecule has 0 fully saturated rings. The molecule has 5 nitrogen and oxygen atoms in total.